The minimum Gasteiger partial charge on any atom is -0.493 e. The van der Waals surface area contributed by atoms with Crippen LogP contribution in [-0.2, 0) is 19.1 Å². The molecular formula is C18H23NO6S2. The molecular weight excluding hydrogens is 390 g/mol. The van der Waals surface area contributed by atoms with Gasteiger partial charge in [-0.05, 0) is 19.1 Å². The van der Waals surface area contributed by atoms with E-state index >= 15 is 0 Å². The van der Waals surface area contributed by atoms with Gasteiger partial charge in [-0.1, -0.05) is 23.9 Å². The van der Waals surface area contributed by atoms with Gasteiger partial charge < -0.3 is 19.1 Å². The first-order valence-corrected chi connectivity index (χ1v) is 10.5. The Kier molecular flexibility index (Phi) is 8.30. The van der Waals surface area contributed by atoms with Gasteiger partial charge in [-0.3, -0.25) is 9.59 Å². The molecule has 1 saturated heterocycles. The SMILES string of the molecule is CCOC(=O)C1CSC(COc2ccccc2OC)N1C(=O)CSC(C)=O. The number of benzene rings is 1. The lowest BCUT2D eigenvalue weighted by atomic mass is 10.2. The van der Waals surface area contributed by atoms with Gasteiger partial charge in [0.1, 0.15) is 18.0 Å². The fourth-order valence-corrected chi connectivity index (χ4v) is 4.35. The Morgan fingerprint density at radius 2 is 1.96 bits per heavy atom. The largest absolute Gasteiger partial charge is 0.493 e. The van der Waals surface area contributed by atoms with Crippen molar-refractivity contribution in [3.63, 3.8) is 0 Å². The molecule has 9 heteroatoms. The minimum atomic E-state index is -0.679. The molecule has 148 valence electrons. The molecule has 1 aliphatic heterocycles. The summed E-state index contributed by atoms with van der Waals surface area (Å²) in [7, 11) is 1.55. The molecule has 0 radical (unpaired) electrons. The summed E-state index contributed by atoms with van der Waals surface area (Å²) in [6, 6.07) is 6.54. The molecule has 2 rings (SSSR count). The van der Waals surface area contributed by atoms with Crippen LogP contribution in [0.5, 0.6) is 11.5 Å². The first-order chi connectivity index (χ1) is 13.0. The van der Waals surface area contributed by atoms with E-state index in [0.717, 1.165) is 11.8 Å². The van der Waals surface area contributed by atoms with Crippen LogP contribution in [0.3, 0.4) is 0 Å². The van der Waals surface area contributed by atoms with Crippen molar-refractivity contribution in [3.05, 3.63) is 24.3 Å². The molecule has 7 nitrogen and oxygen atoms in total. The topological polar surface area (TPSA) is 82.1 Å². The minimum absolute atomic E-state index is 0.0169. The maximum atomic E-state index is 12.7. The highest BCUT2D eigenvalue weighted by Crippen LogP contribution is 2.33. The van der Waals surface area contributed by atoms with Gasteiger partial charge in [0.25, 0.3) is 0 Å². The highest BCUT2D eigenvalue weighted by molar-refractivity contribution is 8.14. The van der Waals surface area contributed by atoms with E-state index in [-0.39, 0.29) is 35.4 Å². The lowest BCUT2D eigenvalue weighted by Crippen LogP contribution is -2.48. The van der Waals surface area contributed by atoms with Crippen molar-refractivity contribution in [1.29, 1.82) is 0 Å². The van der Waals surface area contributed by atoms with E-state index in [2.05, 4.69) is 0 Å². The van der Waals surface area contributed by atoms with Gasteiger partial charge in [0, 0.05) is 12.7 Å². The second-order valence-corrected chi connectivity index (χ2v) is 7.96. The predicted molar refractivity (Wildman–Crippen MR) is 105 cm³/mol. The number of amides is 1. The number of esters is 1. The van der Waals surface area contributed by atoms with Crippen LogP contribution in [0.1, 0.15) is 13.8 Å². The van der Waals surface area contributed by atoms with E-state index in [1.165, 1.54) is 23.6 Å². The van der Waals surface area contributed by atoms with Gasteiger partial charge in [-0.2, -0.15) is 0 Å². The molecule has 2 atom stereocenters. The van der Waals surface area contributed by atoms with Crippen molar-refractivity contribution in [2.45, 2.75) is 25.3 Å². The zero-order chi connectivity index (χ0) is 19.8. The van der Waals surface area contributed by atoms with Crippen molar-refractivity contribution in [1.82, 2.24) is 4.90 Å². The zero-order valence-corrected chi connectivity index (χ0v) is 17.1. The van der Waals surface area contributed by atoms with Crippen LogP contribution in [0.4, 0.5) is 0 Å². The van der Waals surface area contributed by atoms with Crippen LogP contribution >= 0.6 is 23.5 Å². The summed E-state index contributed by atoms with van der Waals surface area (Å²) >= 11 is 2.38. The van der Waals surface area contributed by atoms with Crippen LogP contribution in [0.2, 0.25) is 0 Å². The fourth-order valence-electron chi connectivity index (χ4n) is 2.58. The molecule has 1 aliphatic rings. The van der Waals surface area contributed by atoms with Gasteiger partial charge in [0.2, 0.25) is 5.91 Å². The Labute approximate surface area is 167 Å². The molecule has 0 aromatic heterocycles. The van der Waals surface area contributed by atoms with Gasteiger partial charge in [0.15, 0.2) is 16.6 Å². The number of methoxy groups -OCH3 is 1. The third kappa shape index (κ3) is 5.80. The predicted octanol–water partition coefficient (Wildman–Crippen LogP) is 2.19. The smallest absolute Gasteiger partial charge is 0.329 e. The van der Waals surface area contributed by atoms with Crippen LogP contribution in [0.15, 0.2) is 24.3 Å². The van der Waals surface area contributed by atoms with Gasteiger partial charge in [-0.25, -0.2) is 4.79 Å². The number of para-hydroxylation sites is 2. The molecule has 1 aromatic carbocycles. The molecule has 0 aliphatic carbocycles. The van der Waals surface area contributed by atoms with Gasteiger partial charge in [0.05, 0.1) is 19.5 Å². The number of thioether (sulfide) groups is 2. The summed E-state index contributed by atoms with van der Waals surface area (Å²) in [5, 5.41) is -0.505. The number of rotatable bonds is 8. The third-order valence-electron chi connectivity index (χ3n) is 3.79. The molecule has 1 amide bonds. The Hall–Kier alpha value is -1.87. The standard InChI is InChI=1S/C18H23NO6S2/c1-4-24-18(22)13-10-27-17(19(13)16(21)11-26-12(2)20)9-25-15-8-6-5-7-14(15)23-3/h5-8,13,17H,4,9-11H2,1-3H3. The number of ether oxygens (including phenoxy) is 3. The summed E-state index contributed by atoms with van der Waals surface area (Å²) in [6.45, 7) is 3.56. The Balaban J connectivity index is 2.11. The van der Waals surface area contributed by atoms with E-state index in [1.54, 1.807) is 26.2 Å². The number of carbonyl (C=O) groups excluding carboxylic acids is 3. The first kappa shape index (κ1) is 21.4. The number of carbonyl (C=O) groups is 3. The number of hydrogen-bond acceptors (Lipinski definition) is 8. The monoisotopic (exact) mass is 413 g/mol. The summed E-state index contributed by atoms with van der Waals surface area (Å²) in [6.07, 6.45) is 0. The average Bonchev–Trinajstić information content (AvgIpc) is 3.09. The molecule has 1 heterocycles. The van der Waals surface area contributed by atoms with Crippen molar-refractivity contribution in [2.24, 2.45) is 0 Å². The molecule has 1 aromatic rings. The van der Waals surface area contributed by atoms with Crippen molar-refractivity contribution in [3.8, 4) is 11.5 Å². The Morgan fingerprint density at radius 3 is 2.59 bits per heavy atom. The van der Waals surface area contributed by atoms with E-state index in [0.29, 0.717) is 17.3 Å². The van der Waals surface area contributed by atoms with Crippen LogP contribution in [0, 0.1) is 0 Å². The second-order valence-electron chi connectivity index (χ2n) is 5.60. The van der Waals surface area contributed by atoms with E-state index in [1.807, 2.05) is 12.1 Å². The normalized spacial score (nSPS) is 18.9. The summed E-state index contributed by atoms with van der Waals surface area (Å²) in [5.41, 5.74) is 0. The molecule has 27 heavy (non-hydrogen) atoms. The molecule has 0 bridgehead atoms. The molecule has 2 unspecified atom stereocenters. The summed E-state index contributed by atoms with van der Waals surface area (Å²) < 4.78 is 16.2. The van der Waals surface area contributed by atoms with Crippen LogP contribution < -0.4 is 9.47 Å². The third-order valence-corrected chi connectivity index (χ3v) is 5.84. The Bertz CT molecular complexity index is 684. The van der Waals surface area contributed by atoms with E-state index < -0.39 is 12.0 Å². The maximum Gasteiger partial charge on any atom is 0.329 e. The van der Waals surface area contributed by atoms with Gasteiger partial charge in [-0.15, -0.1) is 11.8 Å². The van der Waals surface area contributed by atoms with Crippen LogP contribution in [0.25, 0.3) is 0 Å². The van der Waals surface area contributed by atoms with Crippen molar-refractivity contribution < 1.29 is 28.6 Å². The Morgan fingerprint density at radius 1 is 1.26 bits per heavy atom. The van der Waals surface area contributed by atoms with E-state index in [4.69, 9.17) is 14.2 Å². The lowest BCUT2D eigenvalue weighted by Gasteiger charge is -2.28. The number of hydrogen-bond donors (Lipinski definition) is 0. The van der Waals surface area contributed by atoms with Crippen molar-refractivity contribution >= 4 is 40.5 Å². The zero-order valence-electron chi connectivity index (χ0n) is 15.5. The van der Waals surface area contributed by atoms with Crippen LogP contribution in [-0.4, -0.2) is 65.1 Å². The van der Waals surface area contributed by atoms with E-state index in [9.17, 15) is 14.4 Å². The molecule has 0 N–H and O–H groups in total. The summed E-state index contributed by atoms with van der Waals surface area (Å²) in [5.74, 6) is 0.836. The van der Waals surface area contributed by atoms with Crippen molar-refractivity contribution in [2.75, 3.05) is 31.8 Å². The fraction of sp³-hybridized carbons (Fsp3) is 0.500. The summed E-state index contributed by atoms with van der Waals surface area (Å²) in [4.78, 5) is 37.6. The maximum absolute atomic E-state index is 12.7. The first-order valence-electron chi connectivity index (χ1n) is 8.46. The highest BCUT2D eigenvalue weighted by Gasteiger charge is 2.42. The lowest BCUT2D eigenvalue weighted by molar-refractivity contribution is -0.153. The highest BCUT2D eigenvalue weighted by atomic mass is 32.2. The van der Waals surface area contributed by atoms with Gasteiger partial charge >= 0.3 is 5.97 Å². The average molecular weight is 414 g/mol. The molecule has 0 saturated carbocycles. The molecule has 0 spiro atoms. The second kappa shape index (κ2) is 10.5. The number of nitrogens with zero attached hydrogens (tertiary/aromatic N) is 1. The quantitative estimate of drug-likeness (QED) is 0.600. The molecule has 1 fully saturated rings.